The number of aryl methyl sites for hydroxylation is 2. The van der Waals surface area contributed by atoms with E-state index in [1.165, 1.54) is 0 Å². The lowest BCUT2D eigenvalue weighted by Crippen LogP contribution is -2.49. The van der Waals surface area contributed by atoms with Crippen molar-refractivity contribution in [2.45, 2.75) is 71.9 Å². The maximum absolute atomic E-state index is 12.3. The Hall–Kier alpha value is -1.85. The predicted molar refractivity (Wildman–Crippen MR) is 84.7 cm³/mol. The largest absolute Gasteiger partial charge is 0.481 e. The summed E-state index contributed by atoms with van der Waals surface area (Å²) >= 11 is 0. The Balaban J connectivity index is 2.75. The fourth-order valence-electron chi connectivity index (χ4n) is 2.80. The van der Waals surface area contributed by atoms with E-state index in [9.17, 15) is 9.59 Å². The first-order valence-electron chi connectivity index (χ1n) is 7.78. The maximum Gasteiger partial charge on any atom is 0.305 e. The van der Waals surface area contributed by atoms with Crippen LogP contribution in [0.3, 0.4) is 0 Å². The van der Waals surface area contributed by atoms with Crippen LogP contribution in [-0.2, 0) is 9.59 Å². The van der Waals surface area contributed by atoms with Crippen LogP contribution in [0.1, 0.15) is 63.9 Å². The summed E-state index contributed by atoms with van der Waals surface area (Å²) < 4.78 is 1.84. The zero-order valence-electron chi connectivity index (χ0n) is 14.1. The van der Waals surface area contributed by atoms with Gasteiger partial charge in [0.15, 0.2) is 0 Å². The van der Waals surface area contributed by atoms with Gasteiger partial charge in [0, 0.05) is 17.7 Å². The van der Waals surface area contributed by atoms with E-state index in [2.05, 4.69) is 10.4 Å². The van der Waals surface area contributed by atoms with Crippen LogP contribution >= 0.6 is 0 Å². The van der Waals surface area contributed by atoms with Crippen molar-refractivity contribution in [3.63, 3.8) is 0 Å². The maximum atomic E-state index is 12.3. The zero-order chi connectivity index (χ0) is 16.9. The third kappa shape index (κ3) is 4.58. The Morgan fingerprint density at radius 3 is 2.36 bits per heavy atom. The van der Waals surface area contributed by atoms with Gasteiger partial charge in [-0.25, -0.2) is 0 Å². The van der Waals surface area contributed by atoms with Gasteiger partial charge in [-0.15, -0.1) is 0 Å². The molecule has 0 aliphatic rings. The van der Waals surface area contributed by atoms with Crippen molar-refractivity contribution < 1.29 is 14.7 Å². The number of hydrogen-bond donors (Lipinski definition) is 2. The first kappa shape index (κ1) is 18.2. The van der Waals surface area contributed by atoms with Crippen molar-refractivity contribution in [1.82, 2.24) is 15.1 Å². The van der Waals surface area contributed by atoms with Crippen molar-refractivity contribution in [2.75, 3.05) is 0 Å². The number of nitrogens with one attached hydrogen (secondary N) is 1. The number of carbonyl (C=O) groups is 2. The summed E-state index contributed by atoms with van der Waals surface area (Å²) in [5.74, 6) is -1.03. The third-order valence-corrected chi connectivity index (χ3v) is 4.19. The average molecular weight is 309 g/mol. The average Bonchev–Trinajstić information content (AvgIpc) is 2.76. The Bertz CT molecular complexity index is 533. The zero-order valence-corrected chi connectivity index (χ0v) is 14.1. The molecule has 0 aromatic carbocycles. The van der Waals surface area contributed by atoms with Gasteiger partial charge in [0.25, 0.3) is 0 Å². The minimum atomic E-state index is -0.893. The molecular weight excluding hydrogens is 282 g/mol. The van der Waals surface area contributed by atoms with Crippen molar-refractivity contribution >= 4 is 11.9 Å². The standard InChI is InChI=1S/C16H27N3O3/c1-6-16(7-2,10-15(21)22)17-14(20)9-13(5)19-12(4)8-11(3)18-19/h8,13H,6-7,9-10H2,1-5H3,(H,17,20)(H,21,22). The number of carboxylic acid groups (broad SMARTS) is 1. The summed E-state index contributed by atoms with van der Waals surface area (Å²) in [5.41, 5.74) is 1.27. The van der Waals surface area contributed by atoms with E-state index >= 15 is 0 Å². The summed E-state index contributed by atoms with van der Waals surface area (Å²) in [6, 6.07) is 1.91. The molecule has 6 nitrogen and oxygen atoms in total. The molecule has 0 aliphatic carbocycles. The number of rotatable bonds is 8. The Labute approximate surface area is 131 Å². The number of carbonyl (C=O) groups excluding carboxylic acids is 1. The lowest BCUT2D eigenvalue weighted by atomic mass is 9.88. The minimum absolute atomic E-state index is 0.0555. The number of amides is 1. The topological polar surface area (TPSA) is 84.2 Å². The van der Waals surface area contributed by atoms with Crippen LogP contribution in [0.15, 0.2) is 6.07 Å². The Kier molecular flexibility index (Phi) is 6.14. The number of nitrogens with zero attached hydrogens (tertiary/aromatic N) is 2. The number of aromatic nitrogens is 2. The molecule has 1 heterocycles. The van der Waals surface area contributed by atoms with Crippen LogP contribution < -0.4 is 5.32 Å². The fourth-order valence-corrected chi connectivity index (χ4v) is 2.80. The molecule has 0 saturated carbocycles. The van der Waals surface area contributed by atoms with Gasteiger partial charge in [0.1, 0.15) is 0 Å². The van der Waals surface area contributed by atoms with Gasteiger partial charge in [-0.3, -0.25) is 14.3 Å². The minimum Gasteiger partial charge on any atom is -0.481 e. The number of carboxylic acids is 1. The molecule has 0 bridgehead atoms. The predicted octanol–water partition coefficient (Wildman–Crippen LogP) is 2.60. The molecule has 2 N–H and O–H groups in total. The molecule has 0 radical (unpaired) electrons. The molecule has 0 aliphatic heterocycles. The lowest BCUT2D eigenvalue weighted by molar-refractivity contribution is -0.139. The van der Waals surface area contributed by atoms with E-state index in [4.69, 9.17) is 5.11 Å². The summed E-state index contributed by atoms with van der Waals surface area (Å²) in [7, 11) is 0. The van der Waals surface area contributed by atoms with Crippen LogP contribution in [-0.4, -0.2) is 32.3 Å². The summed E-state index contributed by atoms with van der Waals surface area (Å²) in [4.78, 5) is 23.4. The highest BCUT2D eigenvalue weighted by molar-refractivity contribution is 5.78. The summed E-state index contributed by atoms with van der Waals surface area (Å²) in [6.45, 7) is 9.62. The normalized spacial score (nSPS) is 13.0. The second-order valence-corrected chi connectivity index (χ2v) is 6.03. The van der Waals surface area contributed by atoms with E-state index in [1.807, 2.05) is 45.4 Å². The molecule has 22 heavy (non-hydrogen) atoms. The molecule has 0 fully saturated rings. The first-order valence-corrected chi connectivity index (χ1v) is 7.78. The highest BCUT2D eigenvalue weighted by Crippen LogP contribution is 2.21. The van der Waals surface area contributed by atoms with Crippen molar-refractivity contribution in [1.29, 1.82) is 0 Å². The lowest BCUT2D eigenvalue weighted by Gasteiger charge is -2.32. The van der Waals surface area contributed by atoms with Gasteiger partial charge in [-0.2, -0.15) is 5.10 Å². The molecule has 1 rings (SSSR count). The molecule has 0 saturated heterocycles. The second-order valence-electron chi connectivity index (χ2n) is 6.03. The van der Waals surface area contributed by atoms with Crippen LogP contribution in [0.25, 0.3) is 0 Å². The fraction of sp³-hybridized carbons (Fsp3) is 0.688. The van der Waals surface area contributed by atoms with Crippen molar-refractivity contribution in [2.24, 2.45) is 0 Å². The highest BCUT2D eigenvalue weighted by Gasteiger charge is 2.31. The van der Waals surface area contributed by atoms with Gasteiger partial charge >= 0.3 is 5.97 Å². The quantitative estimate of drug-likeness (QED) is 0.773. The van der Waals surface area contributed by atoms with E-state index in [1.54, 1.807) is 0 Å². The van der Waals surface area contributed by atoms with E-state index in [0.29, 0.717) is 12.8 Å². The molecule has 1 unspecified atom stereocenters. The molecule has 6 heteroatoms. The number of hydrogen-bond acceptors (Lipinski definition) is 3. The monoisotopic (exact) mass is 309 g/mol. The van der Waals surface area contributed by atoms with Gasteiger partial charge in [0.2, 0.25) is 5.91 Å². The molecule has 124 valence electrons. The smallest absolute Gasteiger partial charge is 0.305 e. The van der Waals surface area contributed by atoms with E-state index in [-0.39, 0.29) is 24.8 Å². The van der Waals surface area contributed by atoms with Crippen LogP contribution in [0.5, 0.6) is 0 Å². The first-order chi connectivity index (χ1) is 10.2. The van der Waals surface area contributed by atoms with Gasteiger partial charge < -0.3 is 10.4 Å². The summed E-state index contributed by atoms with van der Waals surface area (Å²) in [6.07, 6.45) is 1.41. The van der Waals surface area contributed by atoms with Crippen LogP contribution in [0.2, 0.25) is 0 Å². The van der Waals surface area contributed by atoms with Gasteiger partial charge in [-0.1, -0.05) is 13.8 Å². The molecule has 1 amide bonds. The van der Waals surface area contributed by atoms with E-state index in [0.717, 1.165) is 11.4 Å². The Morgan fingerprint density at radius 1 is 1.36 bits per heavy atom. The van der Waals surface area contributed by atoms with Crippen molar-refractivity contribution in [3.05, 3.63) is 17.5 Å². The highest BCUT2D eigenvalue weighted by atomic mass is 16.4. The van der Waals surface area contributed by atoms with Gasteiger partial charge in [0.05, 0.1) is 18.2 Å². The van der Waals surface area contributed by atoms with Crippen molar-refractivity contribution in [3.8, 4) is 0 Å². The molecule has 0 spiro atoms. The SMILES string of the molecule is CCC(CC)(CC(=O)O)NC(=O)CC(C)n1nc(C)cc1C. The second kappa shape index (κ2) is 7.42. The number of aliphatic carboxylic acids is 1. The van der Waals surface area contributed by atoms with Crippen LogP contribution in [0.4, 0.5) is 0 Å². The molecule has 1 atom stereocenters. The summed E-state index contributed by atoms with van der Waals surface area (Å²) in [5, 5.41) is 16.4. The molecule has 1 aromatic heterocycles. The Morgan fingerprint density at radius 2 is 1.95 bits per heavy atom. The van der Waals surface area contributed by atoms with Gasteiger partial charge in [-0.05, 0) is 39.7 Å². The van der Waals surface area contributed by atoms with Crippen LogP contribution in [0, 0.1) is 13.8 Å². The molecule has 1 aromatic rings. The third-order valence-electron chi connectivity index (χ3n) is 4.19. The molecular formula is C16H27N3O3. The van der Waals surface area contributed by atoms with E-state index < -0.39 is 11.5 Å².